The highest BCUT2D eigenvalue weighted by Crippen LogP contribution is 2.39. The molecule has 0 saturated carbocycles. The van der Waals surface area contributed by atoms with E-state index in [-0.39, 0.29) is 17.7 Å². The first-order chi connectivity index (χ1) is 15.4. The van der Waals surface area contributed by atoms with Crippen LogP contribution in [-0.2, 0) is 4.79 Å². The third kappa shape index (κ3) is 4.11. The number of amides is 1. The summed E-state index contributed by atoms with van der Waals surface area (Å²) >= 11 is 0. The summed E-state index contributed by atoms with van der Waals surface area (Å²) in [6.07, 6.45) is 0. The fourth-order valence-electron chi connectivity index (χ4n) is 4.25. The molecule has 0 bridgehead atoms. The van der Waals surface area contributed by atoms with Gasteiger partial charge in [0.15, 0.2) is 0 Å². The normalized spacial score (nSPS) is 15.8. The molecule has 3 aromatic carbocycles. The lowest BCUT2D eigenvalue weighted by atomic mass is 9.78. The maximum absolute atomic E-state index is 13.6. The van der Waals surface area contributed by atoms with E-state index in [1.54, 1.807) is 5.01 Å². The van der Waals surface area contributed by atoms with E-state index in [4.69, 9.17) is 0 Å². The van der Waals surface area contributed by atoms with Crippen LogP contribution in [0, 0.1) is 5.92 Å². The molecule has 1 amide bonds. The minimum Gasteiger partial charge on any atom is -0.378 e. The van der Waals surface area contributed by atoms with Gasteiger partial charge in [-0.2, -0.15) is 5.10 Å². The van der Waals surface area contributed by atoms with E-state index >= 15 is 0 Å². The van der Waals surface area contributed by atoms with Crippen LogP contribution in [0.5, 0.6) is 0 Å². The summed E-state index contributed by atoms with van der Waals surface area (Å²) in [6, 6.07) is 26.6. The molecule has 5 nitrogen and oxygen atoms in total. The van der Waals surface area contributed by atoms with E-state index in [0.717, 1.165) is 33.9 Å². The Morgan fingerprint density at radius 3 is 1.66 bits per heavy atom. The summed E-state index contributed by atoms with van der Waals surface area (Å²) in [5, 5.41) is 6.22. The number of rotatable bonds is 6. The van der Waals surface area contributed by atoms with Crippen molar-refractivity contribution in [1.82, 2.24) is 0 Å². The predicted octanol–water partition coefficient (Wildman–Crippen LogP) is 4.99. The van der Waals surface area contributed by atoms with Gasteiger partial charge in [-0.15, -0.1) is 0 Å². The number of hydrogen-bond donors (Lipinski definition) is 0. The molecule has 32 heavy (non-hydrogen) atoms. The van der Waals surface area contributed by atoms with Gasteiger partial charge in [0.2, 0.25) is 0 Å². The second-order valence-electron chi connectivity index (χ2n) is 8.65. The van der Waals surface area contributed by atoms with Gasteiger partial charge < -0.3 is 9.80 Å². The summed E-state index contributed by atoms with van der Waals surface area (Å²) in [6.45, 7) is 1.96. The van der Waals surface area contributed by atoms with E-state index < -0.39 is 0 Å². The highest BCUT2D eigenvalue weighted by Gasteiger charge is 2.41. The largest absolute Gasteiger partial charge is 0.378 e. The lowest BCUT2D eigenvalue weighted by Crippen LogP contribution is -2.32. The number of hydrazone groups is 1. The molecule has 1 unspecified atom stereocenters. The summed E-state index contributed by atoms with van der Waals surface area (Å²) < 4.78 is 0. The lowest BCUT2D eigenvalue weighted by molar-refractivity contribution is -0.120. The van der Waals surface area contributed by atoms with Gasteiger partial charge in [0.1, 0.15) is 0 Å². The second-order valence-corrected chi connectivity index (χ2v) is 8.65. The van der Waals surface area contributed by atoms with E-state index in [1.807, 2.05) is 65.4 Å². The number of para-hydroxylation sites is 1. The molecule has 4 rings (SSSR count). The van der Waals surface area contributed by atoms with Crippen molar-refractivity contribution < 1.29 is 4.79 Å². The maximum atomic E-state index is 13.6. The Morgan fingerprint density at radius 2 is 1.22 bits per heavy atom. The third-order valence-electron chi connectivity index (χ3n) is 6.05. The van der Waals surface area contributed by atoms with Crippen molar-refractivity contribution in [3.05, 3.63) is 90.0 Å². The van der Waals surface area contributed by atoms with Gasteiger partial charge in [0.25, 0.3) is 5.91 Å². The van der Waals surface area contributed by atoms with Crippen molar-refractivity contribution in [2.24, 2.45) is 11.0 Å². The number of carbonyl (C=O) groups is 1. The molecule has 0 aliphatic carbocycles. The minimum atomic E-state index is -0.356. The fraction of sp³-hybridized carbons (Fsp3) is 0.259. The molecule has 1 heterocycles. The van der Waals surface area contributed by atoms with Crippen molar-refractivity contribution in [2.75, 3.05) is 43.0 Å². The van der Waals surface area contributed by atoms with E-state index in [2.05, 4.69) is 63.4 Å². The van der Waals surface area contributed by atoms with Crippen molar-refractivity contribution in [2.45, 2.75) is 12.8 Å². The van der Waals surface area contributed by atoms with Crippen LogP contribution in [0.15, 0.2) is 84.0 Å². The zero-order valence-corrected chi connectivity index (χ0v) is 19.4. The molecule has 0 aromatic heterocycles. The molecule has 0 saturated heterocycles. The van der Waals surface area contributed by atoms with Crippen molar-refractivity contribution >= 4 is 28.7 Å². The van der Waals surface area contributed by atoms with E-state index in [1.165, 1.54) is 0 Å². The van der Waals surface area contributed by atoms with Crippen molar-refractivity contribution in [1.29, 1.82) is 0 Å². The molecular formula is C27H30N4O. The van der Waals surface area contributed by atoms with Gasteiger partial charge in [-0.25, -0.2) is 5.01 Å². The van der Waals surface area contributed by atoms with E-state index in [0.29, 0.717) is 0 Å². The quantitative estimate of drug-likeness (QED) is 0.557. The van der Waals surface area contributed by atoms with Crippen LogP contribution in [0.1, 0.15) is 24.0 Å². The molecule has 0 fully saturated rings. The lowest BCUT2D eigenvalue weighted by Gasteiger charge is -2.26. The molecule has 0 radical (unpaired) electrons. The van der Waals surface area contributed by atoms with Crippen molar-refractivity contribution in [3.8, 4) is 0 Å². The average Bonchev–Trinajstić information content (AvgIpc) is 3.09. The SMILES string of the molecule is CC1=NN(c2ccccc2)C(=O)C1C(c1ccc(N(C)C)cc1)c1ccc(N(C)C)cc1. The van der Waals surface area contributed by atoms with Crippen LogP contribution < -0.4 is 14.8 Å². The average molecular weight is 427 g/mol. The fourth-order valence-corrected chi connectivity index (χ4v) is 4.25. The Kier molecular flexibility index (Phi) is 5.99. The molecule has 1 aliphatic heterocycles. The van der Waals surface area contributed by atoms with Gasteiger partial charge in [0.05, 0.1) is 11.6 Å². The highest BCUT2D eigenvalue weighted by molar-refractivity contribution is 6.15. The van der Waals surface area contributed by atoms with Gasteiger partial charge >= 0.3 is 0 Å². The highest BCUT2D eigenvalue weighted by atomic mass is 16.2. The van der Waals surface area contributed by atoms with Crippen LogP contribution >= 0.6 is 0 Å². The summed E-state index contributed by atoms with van der Waals surface area (Å²) in [5.41, 5.74) is 6.10. The molecule has 164 valence electrons. The summed E-state index contributed by atoms with van der Waals surface area (Å²) in [5.74, 6) is -0.468. The Bertz CT molecular complexity index is 1050. The van der Waals surface area contributed by atoms with E-state index in [9.17, 15) is 4.79 Å². The van der Waals surface area contributed by atoms with Crippen LogP contribution in [0.4, 0.5) is 17.1 Å². The summed E-state index contributed by atoms with van der Waals surface area (Å²) in [4.78, 5) is 17.8. The van der Waals surface area contributed by atoms with Crippen LogP contribution in [0.25, 0.3) is 0 Å². The Hall–Kier alpha value is -3.60. The Balaban J connectivity index is 1.77. The second kappa shape index (κ2) is 8.87. The number of anilines is 3. The van der Waals surface area contributed by atoms with Crippen molar-refractivity contribution in [3.63, 3.8) is 0 Å². The van der Waals surface area contributed by atoms with Crippen LogP contribution in [-0.4, -0.2) is 39.8 Å². The third-order valence-corrected chi connectivity index (χ3v) is 6.05. The topological polar surface area (TPSA) is 39.2 Å². The summed E-state index contributed by atoms with van der Waals surface area (Å²) in [7, 11) is 8.12. The molecular weight excluding hydrogens is 396 g/mol. The van der Waals surface area contributed by atoms with Gasteiger partial charge in [0, 0.05) is 51.2 Å². The standard InChI is InChI=1S/C27H30N4O/c1-19-25(27(32)31(28-19)24-9-7-6-8-10-24)26(20-11-15-22(16-12-20)29(2)3)21-13-17-23(18-14-21)30(4)5/h6-18,25-26H,1-5H3. The minimum absolute atomic E-state index is 0.00655. The zero-order chi connectivity index (χ0) is 22.8. The molecule has 1 atom stereocenters. The number of carbonyl (C=O) groups excluding carboxylic acids is 1. The zero-order valence-electron chi connectivity index (χ0n) is 19.4. The number of benzene rings is 3. The number of hydrogen-bond acceptors (Lipinski definition) is 4. The first-order valence-electron chi connectivity index (χ1n) is 10.9. The Labute approximate surface area is 190 Å². The molecule has 5 heteroatoms. The van der Waals surface area contributed by atoms with Gasteiger partial charge in [-0.05, 0) is 54.4 Å². The van der Waals surface area contributed by atoms with Gasteiger partial charge in [-0.1, -0.05) is 42.5 Å². The molecule has 0 spiro atoms. The first-order valence-corrected chi connectivity index (χ1v) is 10.9. The predicted molar refractivity (Wildman–Crippen MR) is 134 cm³/mol. The number of nitrogens with zero attached hydrogens (tertiary/aromatic N) is 4. The van der Waals surface area contributed by atoms with Crippen LogP contribution in [0.2, 0.25) is 0 Å². The van der Waals surface area contributed by atoms with Gasteiger partial charge in [-0.3, -0.25) is 4.79 Å². The molecule has 0 N–H and O–H groups in total. The first kappa shape index (κ1) is 21.6. The molecule has 1 aliphatic rings. The van der Waals surface area contributed by atoms with Crippen LogP contribution in [0.3, 0.4) is 0 Å². The molecule has 3 aromatic rings. The maximum Gasteiger partial charge on any atom is 0.257 e. The Morgan fingerprint density at radius 1 is 0.750 bits per heavy atom. The smallest absolute Gasteiger partial charge is 0.257 e. The monoisotopic (exact) mass is 426 g/mol.